The largest absolute Gasteiger partial charge is 0.365 e. The number of hydrogen-bond donors (Lipinski definition) is 2. The molecule has 2 amide bonds. The van der Waals surface area contributed by atoms with E-state index in [0.717, 1.165) is 42.6 Å². The van der Waals surface area contributed by atoms with E-state index in [4.69, 9.17) is 15.6 Å². The van der Waals surface area contributed by atoms with Crippen molar-refractivity contribution in [2.45, 2.75) is 44.5 Å². The Hall–Kier alpha value is -3.42. The van der Waals surface area contributed by atoms with Crippen LogP contribution in [0.4, 0.5) is 5.13 Å². The second-order valence-corrected chi connectivity index (χ2v) is 11.9. The van der Waals surface area contributed by atoms with E-state index in [1.54, 1.807) is 23.5 Å². The van der Waals surface area contributed by atoms with Crippen molar-refractivity contribution in [1.82, 2.24) is 20.1 Å². The number of benzene rings is 1. The third kappa shape index (κ3) is 5.86. The number of ether oxygens (including phenoxy) is 1. The predicted molar refractivity (Wildman–Crippen MR) is 151 cm³/mol. The Morgan fingerprint density at radius 1 is 1.20 bits per heavy atom. The van der Waals surface area contributed by atoms with Crippen LogP contribution >= 0.6 is 11.3 Å². The molecule has 3 N–H and O–H groups in total. The Bertz CT molecular complexity index is 1260. The number of carbonyl (C=O) groups excluding carboxylic acids is 3. The second-order valence-electron chi connectivity index (χ2n) is 11.0. The second kappa shape index (κ2) is 12.0. The maximum absolute atomic E-state index is 13.7. The highest BCUT2D eigenvalue weighted by Gasteiger charge is 2.53. The average molecular weight is 569 g/mol. The third-order valence-electron chi connectivity index (χ3n) is 7.68. The van der Waals surface area contributed by atoms with E-state index in [-0.39, 0.29) is 36.7 Å². The predicted octanol–water partition coefficient (Wildman–Crippen LogP) is 1.58. The van der Waals surface area contributed by atoms with E-state index in [0.29, 0.717) is 12.0 Å². The van der Waals surface area contributed by atoms with E-state index in [1.165, 1.54) is 4.90 Å². The van der Waals surface area contributed by atoms with Gasteiger partial charge in [0, 0.05) is 49.2 Å². The first-order chi connectivity index (χ1) is 19.2. The molecule has 4 heterocycles. The Kier molecular flexibility index (Phi) is 8.43. The Labute approximate surface area is 237 Å². The minimum Gasteiger partial charge on any atom is -0.365 e. The quantitative estimate of drug-likeness (QED) is 0.277. The number of piperazine rings is 1. The van der Waals surface area contributed by atoms with Crippen LogP contribution < -0.4 is 16.1 Å². The number of likely N-dealkylation sites (N-methyl/N-ethyl adjacent to an activating group) is 1. The van der Waals surface area contributed by atoms with E-state index >= 15 is 0 Å². The summed E-state index contributed by atoms with van der Waals surface area (Å²) in [6, 6.07) is 5.17. The number of nitrogens with two attached hydrogens (primary N) is 1. The fourth-order valence-electron chi connectivity index (χ4n) is 5.51. The van der Waals surface area contributed by atoms with Gasteiger partial charge in [0.2, 0.25) is 5.91 Å². The number of rotatable bonds is 8. The molecule has 12 nitrogen and oxygen atoms in total. The highest BCUT2D eigenvalue weighted by molar-refractivity contribution is 7.14. The van der Waals surface area contributed by atoms with Crippen molar-refractivity contribution in [3.05, 3.63) is 35.2 Å². The summed E-state index contributed by atoms with van der Waals surface area (Å²) in [4.78, 5) is 50.4. The molecule has 4 atom stereocenters. The summed E-state index contributed by atoms with van der Waals surface area (Å²) >= 11 is 1.62. The normalized spacial score (nSPS) is 24.2. The molecule has 1 aromatic carbocycles. The van der Waals surface area contributed by atoms with Gasteiger partial charge in [-0.05, 0) is 31.5 Å². The molecule has 3 fully saturated rings. The number of amides is 2. The van der Waals surface area contributed by atoms with Crippen molar-refractivity contribution in [3.63, 3.8) is 0 Å². The number of likely N-dealkylation sites (tertiary alicyclic amines) is 1. The van der Waals surface area contributed by atoms with Gasteiger partial charge >= 0.3 is 0 Å². The van der Waals surface area contributed by atoms with Crippen LogP contribution in [0.2, 0.25) is 0 Å². The molecular weight excluding hydrogens is 532 g/mol. The summed E-state index contributed by atoms with van der Waals surface area (Å²) in [5.74, 6) is 4.50. The van der Waals surface area contributed by atoms with Crippen molar-refractivity contribution in [1.29, 1.82) is 0 Å². The highest BCUT2D eigenvalue weighted by Crippen LogP contribution is 2.31. The fraction of sp³-hybridized carbons (Fsp3) is 0.556. The summed E-state index contributed by atoms with van der Waals surface area (Å²) in [5.41, 5.74) is 2.23. The summed E-state index contributed by atoms with van der Waals surface area (Å²) in [7, 11) is 2.13. The molecule has 13 heteroatoms. The number of nitrogens with one attached hydrogen (secondary N) is 1. The van der Waals surface area contributed by atoms with Gasteiger partial charge < -0.3 is 30.6 Å². The summed E-state index contributed by atoms with van der Waals surface area (Å²) in [5, 5.41) is 13.3. The highest BCUT2D eigenvalue weighted by atomic mass is 32.1. The van der Waals surface area contributed by atoms with E-state index in [2.05, 4.69) is 32.5 Å². The number of nitrogens with zero attached hydrogens (tertiary/aromatic N) is 6. The van der Waals surface area contributed by atoms with Crippen molar-refractivity contribution in [2.24, 2.45) is 22.1 Å². The number of ketones is 1. The molecule has 2 aromatic rings. The monoisotopic (exact) mass is 568 g/mol. The topological polar surface area (TPSA) is 146 Å². The number of hydrogen-bond acceptors (Lipinski definition) is 10. The minimum absolute atomic E-state index is 0.0842. The van der Waals surface area contributed by atoms with E-state index < -0.39 is 24.2 Å². The number of thiazole rings is 1. The summed E-state index contributed by atoms with van der Waals surface area (Å²) < 4.78 is 5.58. The molecule has 214 valence electrons. The molecule has 0 unspecified atom stereocenters. The van der Waals surface area contributed by atoms with E-state index in [1.807, 2.05) is 31.4 Å². The van der Waals surface area contributed by atoms with Gasteiger partial charge in [0.05, 0.1) is 5.69 Å². The lowest BCUT2D eigenvalue weighted by atomic mass is 10.0. The molecule has 3 aliphatic heterocycles. The lowest BCUT2D eigenvalue weighted by Gasteiger charge is -2.32. The smallest absolute Gasteiger partial charge is 0.251 e. The summed E-state index contributed by atoms with van der Waals surface area (Å²) in [6.07, 6.45) is -0.156. The zero-order valence-electron chi connectivity index (χ0n) is 23.0. The zero-order chi connectivity index (χ0) is 28.4. The van der Waals surface area contributed by atoms with Gasteiger partial charge in [-0.2, -0.15) is 5.11 Å². The van der Waals surface area contributed by atoms with Crippen LogP contribution in [-0.2, 0) is 14.3 Å². The Morgan fingerprint density at radius 2 is 1.93 bits per heavy atom. The first-order valence-corrected chi connectivity index (χ1v) is 14.5. The van der Waals surface area contributed by atoms with E-state index in [9.17, 15) is 14.4 Å². The van der Waals surface area contributed by atoms with Gasteiger partial charge in [-0.15, -0.1) is 11.3 Å². The number of carbonyl (C=O) groups is 3. The van der Waals surface area contributed by atoms with Crippen LogP contribution in [0, 0.1) is 5.92 Å². The molecule has 5 rings (SSSR count). The van der Waals surface area contributed by atoms with Crippen molar-refractivity contribution >= 4 is 34.1 Å². The molecule has 0 saturated carbocycles. The number of aromatic nitrogens is 1. The van der Waals surface area contributed by atoms with Crippen LogP contribution in [0.3, 0.4) is 0 Å². The summed E-state index contributed by atoms with van der Waals surface area (Å²) in [6.45, 7) is 7.97. The Morgan fingerprint density at radius 3 is 2.60 bits per heavy atom. The lowest BCUT2D eigenvalue weighted by molar-refractivity contribution is -0.138. The van der Waals surface area contributed by atoms with Crippen LogP contribution in [0.1, 0.15) is 30.6 Å². The first-order valence-electron chi connectivity index (χ1n) is 13.6. The molecular formula is C27H36N8O4S. The maximum atomic E-state index is 13.7. The van der Waals surface area contributed by atoms with Crippen LogP contribution in [-0.4, -0.2) is 103 Å². The van der Waals surface area contributed by atoms with Gasteiger partial charge in [-0.3, -0.25) is 14.4 Å². The minimum atomic E-state index is -0.806. The Balaban J connectivity index is 1.27. The molecule has 0 bridgehead atoms. The van der Waals surface area contributed by atoms with Crippen LogP contribution in [0.5, 0.6) is 0 Å². The first kappa shape index (κ1) is 28.1. The number of anilines is 1. The van der Waals surface area contributed by atoms with Gasteiger partial charge in [0.25, 0.3) is 5.91 Å². The number of Topliss-reactive ketones (excluding diaryl/α,β-unsaturated/α-hetero) is 1. The van der Waals surface area contributed by atoms with Gasteiger partial charge in [0.1, 0.15) is 30.8 Å². The van der Waals surface area contributed by atoms with Gasteiger partial charge in [0.15, 0.2) is 10.9 Å². The third-order valence-corrected chi connectivity index (χ3v) is 8.58. The molecule has 1 aromatic heterocycles. The van der Waals surface area contributed by atoms with Crippen LogP contribution in [0.25, 0.3) is 11.3 Å². The SMILES string of the molecule is CC(C)C[C@H](NC(=O)c1ccc(-c2csc(N3CCN(C)CC3)n2)cc1)C(=O)N1C[C@@H](N=NN)[C@H]2OCC(=O)[C@H]21. The average Bonchev–Trinajstić information content (AvgIpc) is 3.66. The fourth-order valence-corrected chi connectivity index (χ4v) is 6.40. The van der Waals surface area contributed by atoms with Crippen molar-refractivity contribution in [3.8, 4) is 11.3 Å². The number of fused-ring (bicyclic) bond motifs is 1. The van der Waals surface area contributed by atoms with Crippen molar-refractivity contribution < 1.29 is 19.1 Å². The standard InChI is InChI=1S/C27H36N8O4S/c1-16(2)12-19(26(38)35-13-20(31-32-28)24-23(35)22(36)14-39-24)29-25(37)18-6-4-17(5-7-18)21-15-40-27(30-21)34-10-8-33(3)9-11-34/h4-7,15-16,19-20,23-24H,8-14H2,1-3H3,(H2,28,31)(H,29,37)/t19-,20+,23+,24+/m0/s1. The van der Waals surface area contributed by atoms with Crippen LogP contribution in [0.15, 0.2) is 40.0 Å². The lowest BCUT2D eigenvalue weighted by Crippen LogP contribution is -2.52. The molecule has 40 heavy (non-hydrogen) atoms. The van der Waals surface area contributed by atoms with Gasteiger partial charge in [-0.1, -0.05) is 31.2 Å². The maximum Gasteiger partial charge on any atom is 0.251 e. The van der Waals surface area contributed by atoms with Crippen molar-refractivity contribution in [2.75, 3.05) is 51.3 Å². The molecule has 0 radical (unpaired) electrons. The molecule has 0 spiro atoms. The zero-order valence-corrected chi connectivity index (χ0v) is 23.8. The molecule has 3 aliphatic rings. The van der Waals surface area contributed by atoms with Gasteiger partial charge in [-0.25, -0.2) is 4.98 Å². The molecule has 0 aliphatic carbocycles. The molecule has 3 saturated heterocycles.